The number of hydrogen-bond donors (Lipinski definition) is 4. The van der Waals surface area contributed by atoms with Gasteiger partial charge in [-0.15, -0.1) is 0 Å². The minimum absolute atomic E-state index is 0.195. The van der Waals surface area contributed by atoms with Crippen LogP contribution in [0, 0.1) is 52.3 Å². The Morgan fingerprint density at radius 2 is 1.87 bits per heavy atom. The zero-order valence-electron chi connectivity index (χ0n) is 23.6. The smallest absolute Gasteiger partial charge is 0.262 e. The summed E-state index contributed by atoms with van der Waals surface area (Å²) in [6, 6.07) is 3.44. The van der Waals surface area contributed by atoms with Gasteiger partial charge < -0.3 is 14.9 Å². The van der Waals surface area contributed by atoms with E-state index < -0.39 is 0 Å². The van der Waals surface area contributed by atoms with Crippen LogP contribution < -0.4 is 9.46 Å². The third-order valence-corrected chi connectivity index (χ3v) is 12.3. The van der Waals surface area contributed by atoms with E-state index in [0.717, 1.165) is 32.1 Å². The van der Waals surface area contributed by atoms with Crippen molar-refractivity contribution in [1.82, 2.24) is 9.71 Å². The molecule has 4 saturated carbocycles. The number of ether oxygens (including phenoxy) is 1. The largest absolute Gasteiger partial charge is 0.478 e. The molecule has 4 aliphatic rings. The summed E-state index contributed by atoms with van der Waals surface area (Å²) in [6.45, 7) is 10.3. The molecule has 0 unspecified atom stereocenters. The lowest BCUT2D eigenvalue weighted by Gasteiger charge is -2.64. The first-order valence-electron chi connectivity index (χ1n) is 15.0. The van der Waals surface area contributed by atoms with Crippen molar-refractivity contribution in [2.24, 2.45) is 52.3 Å². The van der Waals surface area contributed by atoms with E-state index in [1.807, 2.05) is 0 Å². The van der Waals surface area contributed by atoms with E-state index in [1.54, 1.807) is 12.1 Å². The molecule has 4 aliphatic carbocycles. The topological polar surface area (TPSA) is 91.7 Å². The van der Waals surface area contributed by atoms with Crippen molar-refractivity contribution in [2.75, 3.05) is 6.61 Å². The maximum Gasteiger partial charge on any atom is 0.262 e. The number of amides is 1. The van der Waals surface area contributed by atoms with E-state index >= 15 is 0 Å². The number of pyridine rings is 1. The second kappa shape index (κ2) is 10.9. The summed E-state index contributed by atoms with van der Waals surface area (Å²) in [7, 11) is 0. The van der Waals surface area contributed by atoms with E-state index in [2.05, 4.69) is 50.2 Å². The molecule has 5 rings (SSSR count). The highest BCUT2D eigenvalue weighted by molar-refractivity contribution is 7.78. The average Bonchev–Trinajstić information content (AvgIpc) is 3.27. The average molecular weight is 545 g/mol. The highest BCUT2D eigenvalue weighted by Crippen LogP contribution is 2.69. The van der Waals surface area contributed by atoms with Crippen LogP contribution in [0.3, 0.4) is 0 Å². The van der Waals surface area contributed by atoms with Crippen molar-refractivity contribution < 1.29 is 19.7 Å². The van der Waals surface area contributed by atoms with Crippen molar-refractivity contribution in [3.8, 4) is 5.88 Å². The number of carbonyl (C=O) groups excluding carboxylic acids is 1. The number of carbonyl (C=O) groups is 1. The molecule has 1 aromatic heterocycles. The van der Waals surface area contributed by atoms with Crippen LogP contribution in [0.5, 0.6) is 5.88 Å². The molecule has 212 valence electrons. The van der Waals surface area contributed by atoms with Crippen molar-refractivity contribution in [2.45, 2.75) is 97.7 Å². The summed E-state index contributed by atoms with van der Waals surface area (Å²) in [5.41, 5.74) is 0.969. The van der Waals surface area contributed by atoms with Crippen molar-refractivity contribution in [3.63, 3.8) is 0 Å². The van der Waals surface area contributed by atoms with E-state index in [9.17, 15) is 15.0 Å². The molecule has 1 aromatic rings. The Hall–Kier alpha value is -1.31. The number of rotatable bonds is 7. The molecule has 0 aliphatic heterocycles. The third-order valence-electron chi connectivity index (χ3n) is 12.1. The van der Waals surface area contributed by atoms with Crippen LogP contribution in [-0.4, -0.2) is 39.9 Å². The highest BCUT2D eigenvalue weighted by atomic mass is 32.1. The number of hydrogen-bond acceptors (Lipinski definition) is 6. The fourth-order valence-electron chi connectivity index (χ4n) is 10.1. The first kappa shape index (κ1) is 28.2. The lowest BCUT2D eigenvalue weighted by atomic mass is 9.41. The molecule has 3 N–H and O–H groups in total. The number of aliphatic hydroxyl groups is 2. The zero-order chi connectivity index (χ0) is 27.2. The standard InChI is InChI=1S/C31H48N2O4S/c1-5-21-25-16-20(34)10-13-31(25,4)24-11-14-30(3)22(7-8-23(30)27(24)28(21)35)18(2)12-15-37-26-9-6-19(17-32-26)29(36)33-38/h6,9,17-18,20-25,27-28,34-35,38H,5,7-8,10-16H2,1-4H3,(H,33,36)/t18-,20-,21-,22-,23+,24+,25+,27+,28-,30-,31-/m1/s1. The highest BCUT2D eigenvalue weighted by Gasteiger charge is 2.64. The van der Waals surface area contributed by atoms with Crippen LogP contribution in [0.2, 0.25) is 0 Å². The van der Waals surface area contributed by atoms with Gasteiger partial charge in [0.1, 0.15) is 0 Å². The first-order valence-corrected chi connectivity index (χ1v) is 15.5. The Labute approximate surface area is 234 Å². The van der Waals surface area contributed by atoms with Gasteiger partial charge in [-0.25, -0.2) is 4.98 Å². The fraction of sp³-hybridized carbons (Fsp3) is 0.806. The molecule has 1 amide bonds. The van der Waals surface area contributed by atoms with E-state index in [4.69, 9.17) is 4.74 Å². The maximum atomic E-state index is 11.9. The molecule has 0 bridgehead atoms. The van der Waals surface area contributed by atoms with Gasteiger partial charge in [0.2, 0.25) is 5.88 Å². The second-order valence-corrected chi connectivity index (χ2v) is 13.8. The Kier molecular flexibility index (Phi) is 8.12. The van der Waals surface area contributed by atoms with Gasteiger partial charge in [-0.2, -0.15) is 0 Å². The van der Waals surface area contributed by atoms with Crippen LogP contribution in [0.1, 0.15) is 95.8 Å². The quantitative estimate of drug-likeness (QED) is 0.331. The second-order valence-electron chi connectivity index (χ2n) is 13.6. The summed E-state index contributed by atoms with van der Waals surface area (Å²) in [5, 5.41) is 22.4. The molecule has 0 saturated heterocycles. The van der Waals surface area contributed by atoms with Crippen molar-refractivity contribution in [3.05, 3.63) is 23.9 Å². The summed E-state index contributed by atoms with van der Waals surface area (Å²) in [5.74, 6) is 3.73. The SMILES string of the molecule is CC[C@H]1[C@@H](O)[C@@H]2[C@H](CC[C@]3(C)[C@@H]([C@H](C)CCOc4ccc(C(=O)NS)cn4)CC[C@@H]23)[C@@]2(C)CC[C@@H](O)C[C@@H]12. The van der Waals surface area contributed by atoms with Crippen molar-refractivity contribution >= 4 is 18.7 Å². The minimum Gasteiger partial charge on any atom is -0.478 e. The first-order chi connectivity index (χ1) is 18.1. The Morgan fingerprint density at radius 1 is 1.13 bits per heavy atom. The van der Waals surface area contributed by atoms with Gasteiger partial charge in [0.15, 0.2) is 0 Å². The summed E-state index contributed by atoms with van der Waals surface area (Å²) >= 11 is 3.80. The Morgan fingerprint density at radius 3 is 2.55 bits per heavy atom. The number of nitrogens with zero attached hydrogens (tertiary/aromatic N) is 1. The lowest BCUT2D eigenvalue weighted by Crippen LogP contribution is -2.62. The molecule has 1 heterocycles. The van der Waals surface area contributed by atoms with E-state index in [0.29, 0.717) is 59.5 Å². The summed E-state index contributed by atoms with van der Waals surface area (Å²) in [4.78, 5) is 15.9. The molecule has 7 heteroatoms. The molecular weight excluding hydrogens is 496 g/mol. The lowest BCUT2D eigenvalue weighted by molar-refractivity contribution is -0.203. The number of fused-ring (bicyclic) bond motifs is 5. The molecule has 38 heavy (non-hydrogen) atoms. The summed E-state index contributed by atoms with van der Waals surface area (Å²) in [6.07, 6.45) is 10.9. The van der Waals surface area contributed by atoms with E-state index in [-0.39, 0.29) is 28.9 Å². The van der Waals surface area contributed by atoms with Gasteiger partial charge in [0.25, 0.3) is 5.91 Å². The van der Waals surface area contributed by atoms with Gasteiger partial charge in [0.05, 0.1) is 24.4 Å². The number of aromatic nitrogens is 1. The Bertz CT molecular complexity index is 991. The van der Waals surface area contributed by atoms with Gasteiger partial charge in [-0.3, -0.25) is 9.52 Å². The molecule has 0 aromatic carbocycles. The maximum absolute atomic E-state index is 11.9. The zero-order valence-corrected chi connectivity index (χ0v) is 24.5. The predicted octanol–water partition coefficient (Wildman–Crippen LogP) is 5.69. The van der Waals surface area contributed by atoms with E-state index in [1.165, 1.54) is 31.9 Å². The number of nitrogens with one attached hydrogen (secondary N) is 1. The molecule has 4 fully saturated rings. The normalized spacial score (nSPS) is 42.9. The van der Waals surface area contributed by atoms with Gasteiger partial charge in [-0.05, 0) is 110 Å². The molecule has 6 nitrogen and oxygen atoms in total. The Balaban J connectivity index is 1.26. The molecule has 11 atom stereocenters. The minimum atomic E-state index is -0.279. The van der Waals surface area contributed by atoms with Gasteiger partial charge >= 0.3 is 0 Å². The van der Waals surface area contributed by atoms with Crippen molar-refractivity contribution in [1.29, 1.82) is 0 Å². The van der Waals surface area contributed by atoms with Gasteiger partial charge in [0, 0.05) is 12.3 Å². The van der Waals surface area contributed by atoms with Crippen LogP contribution >= 0.6 is 12.8 Å². The van der Waals surface area contributed by atoms with Crippen LogP contribution in [0.4, 0.5) is 0 Å². The summed E-state index contributed by atoms with van der Waals surface area (Å²) < 4.78 is 8.27. The number of thiol groups is 1. The van der Waals surface area contributed by atoms with Crippen LogP contribution in [0.15, 0.2) is 18.3 Å². The molecule has 0 spiro atoms. The van der Waals surface area contributed by atoms with Crippen LogP contribution in [-0.2, 0) is 0 Å². The van der Waals surface area contributed by atoms with Gasteiger partial charge in [-0.1, -0.05) is 46.9 Å². The fourth-order valence-corrected chi connectivity index (χ4v) is 10.3. The molecule has 0 radical (unpaired) electrons. The monoisotopic (exact) mass is 544 g/mol. The number of aliphatic hydroxyl groups excluding tert-OH is 2. The third kappa shape index (κ3) is 4.68. The van der Waals surface area contributed by atoms with Crippen LogP contribution in [0.25, 0.3) is 0 Å². The molecular formula is C31H48N2O4S. The predicted molar refractivity (Wildman–Crippen MR) is 152 cm³/mol.